The van der Waals surface area contributed by atoms with E-state index in [0.717, 1.165) is 5.56 Å². The fraction of sp³-hybridized carbons (Fsp3) is 0.0588. The highest BCUT2D eigenvalue weighted by Crippen LogP contribution is 2.32. The molecule has 0 amide bonds. The van der Waals surface area contributed by atoms with Gasteiger partial charge in [-0.3, -0.25) is 4.79 Å². The van der Waals surface area contributed by atoms with E-state index >= 15 is 0 Å². The van der Waals surface area contributed by atoms with Gasteiger partial charge in [0.25, 0.3) is 0 Å². The molecule has 2 aromatic rings. The third-order valence-electron chi connectivity index (χ3n) is 3.12. The van der Waals surface area contributed by atoms with E-state index in [1.807, 2.05) is 24.3 Å². The summed E-state index contributed by atoms with van der Waals surface area (Å²) in [5, 5.41) is 8.73. The second kappa shape index (κ2) is 5.51. The van der Waals surface area contributed by atoms with E-state index in [1.165, 1.54) is 6.08 Å². The standard InChI is InChI=1S/C17H11NO3/c18-10-13-1-5-14(6-2-13)15(19)7-3-12-4-8-16-17(9-12)21-11-20-16/h1-9H,11H2. The van der Waals surface area contributed by atoms with E-state index in [2.05, 4.69) is 0 Å². The largest absolute Gasteiger partial charge is 0.454 e. The van der Waals surface area contributed by atoms with Crippen molar-refractivity contribution in [3.8, 4) is 17.6 Å². The number of carbonyl (C=O) groups excluding carboxylic acids is 1. The molecule has 0 saturated carbocycles. The molecule has 3 rings (SSSR count). The number of hydrogen-bond donors (Lipinski definition) is 0. The van der Waals surface area contributed by atoms with Crippen molar-refractivity contribution < 1.29 is 14.3 Å². The lowest BCUT2D eigenvalue weighted by Gasteiger charge is -1.98. The summed E-state index contributed by atoms with van der Waals surface area (Å²) in [5.41, 5.74) is 1.94. The highest BCUT2D eigenvalue weighted by molar-refractivity contribution is 6.06. The van der Waals surface area contributed by atoms with Crippen molar-refractivity contribution in [3.63, 3.8) is 0 Å². The van der Waals surface area contributed by atoms with Gasteiger partial charge in [-0.1, -0.05) is 12.1 Å². The molecule has 0 aliphatic carbocycles. The number of ketones is 1. The summed E-state index contributed by atoms with van der Waals surface area (Å²) in [6.07, 6.45) is 3.22. The maximum atomic E-state index is 12.0. The van der Waals surface area contributed by atoms with Gasteiger partial charge in [0.1, 0.15) is 0 Å². The molecule has 0 radical (unpaired) electrons. The van der Waals surface area contributed by atoms with Crippen LogP contribution in [0.15, 0.2) is 48.5 Å². The van der Waals surface area contributed by atoms with Gasteiger partial charge in [-0.15, -0.1) is 0 Å². The summed E-state index contributed by atoms with van der Waals surface area (Å²) in [4.78, 5) is 12.0. The Morgan fingerprint density at radius 3 is 2.62 bits per heavy atom. The van der Waals surface area contributed by atoms with E-state index in [4.69, 9.17) is 14.7 Å². The number of ether oxygens (including phenoxy) is 2. The van der Waals surface area contributed by atoms with Crippen LogP contribution in [0.3, 0.4) is 0 Å². The summed E-state index contributed by atoms with van der Waals surface area (Å²) in [6, 6.07) is 14.1. The van der Waals surface area contributed by atoms with E-state index in [0.29, 0.717) is 22.6 Å². The lowest BCUT2D eigenvalue weighted by molar-refractivity contribution is 0.104. The normalized spacial score (nSPS) is 12.3. The first-order valence-corrected chi connectivity index (χ1v) is 6.38. The molecule has 1 heterocycles. The minimum atomic E-state index is -0.114. The number of rotatable bonds is 3. The summed E-state index contributed by atoms with van der Waals surface area (Å²) in [5.74, 6) is 1.28. The Kier molecular flexibility index (Phi) is 3.40. The molecule has 1 aliphatic rings. The van der Waals surface area contributed by atoms with Gasteiger partial charge in [-0.2, -0.15) is 5.26 Å². The second-order valence-electron chi connectivity index (χ2n) is 4.50. The number of allylic oxidation sites excluding steroid dienone is 1. The first-order chi connectivity index (χ1) is 10.3. The van der Waals surface area contributed by atoms with Crippen LogP contribution in [0.1, 0.15) is 21.5 Å². The van der Waals surface area contributed by atoms with Crippen molar-refractivity contribution in [2.45, 2.75) is 0 Å². The summed E-state index contributed by atoms with van der Waals surface area (Å²) < 4.78 is 10.5. The Bertz CT molecular complexity index is 755. The Labute approximate surface area is 121 Å². The summed E-state index contributed by atoms with van der Waals surface area (Å²) >= 11 is 0. The van der Waals surface area contributed by atoms with Gasteiger partial charge in [-0.25, -0.2) is 0 Å². The maximum Gasteiger partial charge on any atom is 0.231 e. The number of hydrogen-bond acceptors (Lipinski definition) is 4. The molecule has 0 bridgehead atoms. The lowest BCUT2D eigenvalue weighted by atomic mass is 10.1. The minimum absolute atomic E-state index is 0.114. The van der Waals surface area contributed by atoms with Gasteiger partial charge < -0.3 is 9.47 Å². The monoisotopic (exact) mass is 277 g/mol. The lowest BCUT2D eigenvalue weighted by Crippen LogP contribution is -1.93. The molecule has 0 N–H and O–H groups in total. The number of fused-ring (bicyclic) bond motifs is 1. The molecule has 4 nitrogen and oxygen atoms in total. The Balaban J connectivity index is 1.76. The average Bonchev–Trinajstić information content (AvgIpc) is 3.00. The molecule has 0 atom stereocenters. The molecular formula is C17H11NO3. The van der Waals surface area contributed by atoms with E-state index in [-0.39, 0.29) is 12.6 Å². The highest BCUT2D eigenvalue weighted by Gasteiger charge is 2.12. The second-order valence-corrected chi connectivity index (χ2v) is 4.50. The highest BCUT2D eigenvalue weighted by atomic mass is 16.7. The number of nitriles is 1. The van der Waals surface area contributed by atoms with Crippen LogP contribution in [-0.2, 0) is 0 Å². The van der Waals surface area contributed by atoms with Crippen molar-refractivity contribution in [2.24, 2.45) is 0 Å². The fourth-order valence-corrected chi connectivity index (χ4v) is 1.99. The minimum Gasteiger partial charge on any atom is -0.454 e. The molecule has 2 aromatic carbocycles. The molecule has 1 aliphatic heterocycles. The van der Waals surface area contributed by atoms with Crippen molar-refractivity contribution in [1.82, 2.24) is 0 Å². The van der Waals surface area contributed by atoms with Gasteiger partial charge >= 0.3 is 0 Å². The van der Waals surface area contributed by atoms with Crippen molar-refractivity contribution in [3.05, 3.63) is 65.2 Å². The Morgan fingerprint density at radius 1 is 1.10 bits per heavy atom. The molecule has 0 unspecified atom stereocenters. The molecule has 21 heavy (non-hydrogen) atoms. The molecule has 4 heteroatoms. The van der Waals surface area contributed by atoms with Crippen LogP contribution >= 0.6 is 0 Å². The van der Waals surface area contributed by atoms with Crippen LogP contribution in [0.4, 0.5) is 0 Å². The van der Waals surface area contributed by atoms with Gasteiger partial charge in [0, 0.05) is 5.56 Å². The quantitative estimate of drug-likeness (QED) is 0.638. The van der Waals surface area contributed by atoms with Gasteiger partial charge in [0.05, 0.1) is 11.6 Å². The van der Waals surface area contributed by atoms with Crippen LogP contribution in [-0.4, -0.2) is 12.6 Å². The third-order valence-corrected chi connectivity index (χ3v) is 3.12. The maximum absolute atomic E-state index is 12.0. The topological polar surface area (TPSA) is 59.3 Å². The van der Waals surface area contributed by atoms with Crippen molar-refractivity contribution in [1.29, 1.82) is 5.26 Å². The average molecular weight is 277 g/mol. The van der Waals surface area contributed by atoms with Crippen LogP contribution in [0.25, 0.3) is 6.08 Å². The summed E-state index contributed by atoms with van der Waals surface area (Å²) in [6.45, 7) is 0.229. The smallest absolute Gasteiger partial charge is 0.231 e. The number of benzene rings is 2. The molecule has 0 saturated heterocycles. The molecule has 0 fully saturated rings. The van der Waals surface area contributed by atoms with Crippen LogP contribution < -0.4 is 9.47 Å². The van der Waals surface area contributed by atoms with Gasteiger partial charge in [-0.05, 0) is 48.0 Å². The van der Waals surface area contributed by atoms with Crippen LogP contribution in [0, 0.1) is 11.3 Å². The molecule has 102 valence electrons. The zero-order valence-electron chi connectivity index (χ0n) is 11.1. The van der Waals surface area contributed by atoms with E-state index < -0.39 is 0 Å². The van der Waals surface area contributed by atoms with Crippen molar-refractivity contribution in [2.75, 3.05) is 6.79 Å². The zero-order valence-corrected chi connectivity index (χ0v) is 11.1. The van der Waals surface area contributed by atoms with E-state index in [9.17, 15) is 4.79 Å². The zero-order chi connectivity index (χ0) is 14.7. The molecule has 0 spiro atoms. The molecule has 0 aromatic heterocycles. The first kappa shape index (κ1) is 12.9. The first-order valence-electron chi connectivity index (χ1n) is 6.38. The van der Waals surface area contributed by atoms with Gasteiger partial charge in [0.2, 0.25) is 6.79 Å². The van der Waals surface area contributed by atoms with E-state index in [1.54, 1.807) is 30.3 Å². The predicted octanol–water partition coefficient (Wildman–Crippen LogP) is 3.18. The van der Waals surface area contributed by atoms with Crippen LogP contribution in [0.5, 0.6) is 11.5 Å². The SMILES string of the molecule is N#Cc1ccc(C(=O)C=Cc2ccc3c(c2)OCO3)cc1. The summed E-state index contributed by atoms with van der Waals surface area (Å²) in [7, 11) is 0. The third kappa shape index (κ3) is 2.77. The Hall–Kier alpha value is -3.06. The van der Waals surface area contributed by atoms with Crippen LogP contribution in [0.2, 0.25) is 0 Å². The number of carbonyl (C=O) groups is 1. The number of nitrogens with zero attached hydrogens (tertiary/aromatic N) is 1. The Morgan fingerprint density at radius 2 is 1.86 bits per heavy atom. The predicted molar refractivity (Wildman–Crippen MR) is 77.1 cm³/mol. The van der Waals surface area contributed by atoms with Crippen molar-refractivity contribution >= 4 is 11.9 Å². The molecular weight excluding hydrogens is 266 g/mol. The van der Waals surface area contributed by atoms with Gasteiger partial charge in [0.15, 0.2) is 17.3 Å². The fourth-order valence-electron chi connectivity index (χ4n) is 1.99.